The lowest BCUT2D eigenvalue weighted by Crippen LogP contribution is -2.47. The van der Waals surface area contributed by atoms with E-state index in [9.17, 15) is 41.1 Å². The Morgan fingerprint density at radius 1 is 1.05 bits per heavy atom. The quantitative estimate of drug-likeness (QED) is 0.177. The van der Waals surface area contributed by atoms with E-state index in [0.29, 0.717) is 42.6 Å². The van der Waals surface area contributed by atoms with E-state index >= 15 is 0 Å². The number of nitrogens with one attached hydrogen (secondary N) is 2. The van der Waals surface area contributed by atoms with Gasteiger partial charge in [-0.3, -0.25) is 14.3 Å². The number of hydrogen-bond acceptors (Lipinski definition) is 10. The van der Waals surface area contributed by atoms with Crippen molar-refractivity contribution >= 4 is 39.7 Å². The van der Waals surface area contributed by atoms with Gasteiger partial charge in [0, 0.05) is 105 Å². The highest BCUT2D eigenvalue weighted by molar-refractivity contribution is 7.99. The molecule has 3 N–H and O–H groups in total. The van der Waals surface area contributed by atoms with Crippen LogP contribution >= 0.6 is 11.8 Å². The number of β-amino-alcohol motifs (C(OH)–C–C–N with tert-alkyl or cyclic N) is 1. The van der Waals surface area contributed by atoms with Gasteiger partial charge in [0.1, 0.15) is 5.60 Å². The highest BCUT2D eigenvalue weighted by Crippen LogP contribution is 2.40. The molecule has 56 heavy (non-hydrogen) atoms. The van der Waals surface area contributed by atoms with Crippen molar-refractivity contribution in [1.29, 1.82) is 0 Å². The molecular formula is C37H54F3N7O7S2. The monoisotopic (exact) mass is 829 g/mol. The smallest absolute Gasteiger partial charge is 0.417 e. The Morgan fingerprint density at radius 3 is 2.43 bits per heavy atom. The van der Waals surface area contributed by atoms with E-state index in [1.54, 1.807) is 25.5 Å². The first kappa shape index (κ1) is 43.7. The van der Waals surface area contributed by atoms with Gasteiger partial charge >= 0.3 is 12.3 Å². The average molecular weight is 830 g/mol. The fourth-order valence-corrected chi connectivity index (χ4v) is 9.13. The van der Waals surface area contributed by atoms with Crippen LogP contribution in [0.2, 0.25) is 0 Å². The number of piperidine rings is 1. The van der Waals surface area contributed by atoms with Crippen molar-refractivity contribution in [3.05, 3.63) is 35.0 Å². The summed E-state index contributed by atoms with van der Waals surface area (Å²) >= 11 is 0.933. The third-order valence-electron chi connectivity index (χ3n) is 10.0. The Morgan fingerprint density at radius 2 is 1.79 bits per heavy atom. The van der Waals surface area contributed by atoms with Crippen LogP contribution in [0, 0.1) is 0 Å². The van der Waals surface area contributed by atoms with Gasteiger partial charge in [0.2, 0.25) is 21.8 Å². The van der Waals surface area contributed by atoms with E-state index in [0.717, 1.165) is 68.7 Å². The normalized spacial score (nSPS) is 18.2. The SMILES string of the molecule is CC(C)(C)OC(=O)NCCCC(=O)NCCSc1cc(-c2nn(CC(O)CN3CCC(N4CCCC4=O)CC3)c3c2CN(S(C)(=O)=O)CC3)ccc1C(F)(F)F. The maximum absolute atomic E-state index is 14.2. The predicted molar refractivity (Wildman–Crippen MR) is 205 cm³/mol. The molecule has 19 heteroatoms. The maximum Gasteiger partial charge on any atom is 0.417 e. The summed E-state index contributed by atoms with van der Waals surface area (Å²) in [5, 5.41) is 21.3. The molecule has 1 aromatic heterocycles. The molecule has 3 aliphatic rings. The van der Waals surface area contributed by atoms with E-state index < -0.39 is 39.6 Å². The van der Waals surface area contributed by atoms with Crippen molar-refractivity contribution in [3.63, 3.8) is 0 Å². The molecule has 0 saturated carbocycles. The first-order chi connectivity index (χ1) is 26.3. The number of fused-ring (bicyclic) bond motifs is 1. The number of sulfonamides is 1. The number of benzene rings is 1. The van der Waals surface area contributed by atoms with Crippen LogP contribution in [0.15, 0.2) is 23.1 Å². The molecule has 0 spiro atoms. The summed E-state index contributed by atoms with van der Waals surface area (Å²) in [5.41, 5.74) is 0.536. The molecule has 3 aliphatic heterocycles. The number of rotatable bonds is 15. The number of thioether (sulfide) groups is 1. The summed E-state index contributed by atoms with van der Waals surface area (Å²) < 4.78 is 75.8. The molecular weight excluding hydrogens is 776 g/mol. The second-order valence-electron chi connectivity index (χ2n) is 15.6. The molecule has 0 aliphatic carbocycles. The van der Waals surface area contributed by atoms with Crippen LogP contribution in [0.25, 0.3) is 11.3 Å². The molecule has 2 saturated heterocycles. The van der Waals surface area contributed by atoms with Crippen molar-refractivity contribution in [1.82, 2.24) is 34.5 Å². The van der Waals surface area contributed by atoms with Crippen molar-refractivity contribution < 1.29 is 45.8 Å². The Hall–Kier alpha value is -3.39. The molecule has 5 rings (SSSR count). The van der Waals surface area contributed by atoms with Crippen LogP contribution in [0.1, 0.15) is 76.1 Å². The predicted octanol–water partition coefficient (Wildman–Crippen LogP) is 3.85. The van der Waals surface area contributed by atoms with E-state index in [1.165, 1.54) is 16.4 Å². The van der Waals surface area contributed by atoms with Gasteiger partial charge in [-0.15, -0.1) is 11.8 Å². The van der Waals surface area contributed by atoms with Crippen LogP contribution in [0.3, 0.4) is 0 Å². The van der Waals surface area contributed by atoms with Crippen LogP contribution in [-0.4, -0.2) is 131 Å². The molecule has 3 amide bonds. The Bertz CT molecular complexity index is 1830. The summed E-state index contributed by atoms with van der Waals surface area (Å²) in [6, 6.07) is 3.94. The standard InChI is InChI=1S/C37H54F3N7O7S2/c1-36(2,3)54-35(51)42-14-5-7-32(49)41-15-20-55-31-21-25(9-10-29(31)37(38,39)40)34-28-24-45(56(4,52)53)19-13-30(28)47(43-34)23-27(48)22-44-17-11-26(12-18-44)46-16-6-8-33(46)50/h9-10,21,26-27,48H,5-8,11-20,22-24H2,1-4H3,(H,41,49)(H,42,51). The molecule has 312 valence electrons. The topological polar surface area (TPSA) is 166 Å². The number of likely N-dealkylation sites (tertiary alicyclic amines) is 2. The summed E-state index contributed by atoms with van der Waals surface area (Å²) in [5.74, 6) is 0.0407. The number of carbonyl (C=O) groups excluding carboxylic acids is 3. The van der Waals surface area contributed by atoms with Crippen molar-refractivity contribution in [2.24, 2.45) is 0 Å². The number of aliphatic hydroxyl groups excluding tert-OH is 1. The third kappa shape index (κ3) is 12.1. The van der Waals surface area contributed by atoms with Crippen LogP contribution in [0.4, 0.5) is 18.0 Å². The minimum atomic E-state index is -4.65. The lowest BCUT2D eigenvalue weighted by Gasteiger charge is -2.37. The second-order valence-corrected chi connectivity index (χ2v) is 18.7. The van der Waals surface area contributed by atoms with E-state index in [2.05, 4.69) is 15.5 Å². The zero-order valence-corrected chi connectivity index (χ0v) is 34.1. The van der Waals surface area contributed by atoms with Crippen molar-refractivity contribution in [2.45, 2.75) is 108 Å². The number of alkyl carbamates (subject to hydrolysis) is 1. The van der Waals surface area contributed by atoms with Gasteiger partial charge in [0.05, 0.1) is 30.2 Å². The molecule has 2 aromatic rings. The number of amides is 3. The minimum Gasteiger partial charge on any atom is -0.444 e. The first-order valence-electron chi connectivity index (χ1n) is 19.1. The van der Waals surface area contributed by atoms with Crippen LogP contribution in [-0.2, 0) is 50.0 Å². The molecule has 14 nitrogen and oxygen atoms in total. The van der Waals surface area contributed by atoms with Gasteiger partial charge in [0.15, 0.2) is 0 Å². The number of nitrogens with zero attached hydrogens (tertiary/aromatic N) is 5. The summed E-state index contributed by atoms with van der Waals surface area (Å²) in [6.07, 6.45) is -1.02. The Balaban J connectivity index is 1.25. The van der Waals surface area contributed by atoms with Crippen molar-refractivity contribution in [3.8, 4) is 11.3 Å². The first-order valence-corrected chi connectivity index (χ1v) is 21.9. The number of carbonyl (C=O) groups is 3. The van der Waals surface area contributed by atoms with Gasteiger partial charge in [-0.2, -0.15) is 22.6 Å². The zero-order chi connectivity index (χ0) is 40.8. The number of hydrogen-bond donors (Lipinski definition) is 3. The minimum absolute atomic E-state index is 0.00878. The average Bonchev–Trinajstić information content (AvgIpc) is 3.70. The molecule has 0 bridgehead atoms. The van der Waals surface area contributed by atoms with Gasteiger partial charge in [-0.1, -0.05) is 6.07 Å². The highest BCUT2D eigenvalue weighted by Gasteiger charge is 2.36. The Labute approximate surface area is 330 Å². The zero-order valence-electron chi connectivity index (χ0n) is 32.5. The second kappa shape index (κ2) is 18.5. The molecule has 1 atom stereocenters. The number of aliphatic hydroxyl groups is 1. The lowest BCUT2D eigenvalue weighted by molar-refractivity contribution is -0.139. The van der Waals surface area contributed by atoms with Gasteiger partial charge in [-0.05, 0) is 58.6 Å². The van der Waals surface area contributed by atoms with Gasteiger partial charge in [-0.25, -0.2) is 13.2 Å². The maximum atomic E-state index is 14.2. The summed E-state index contributed by atoms with van der Waals surface area (Å²) in [7, 11) is -3.58. The molecule has 4 heterocycles. The third-order valence-corrected chi connectivity index (χ3v) is 12.3. The lowest BCUT2D eigenvalue weighted by atomic mass is 10.0. The number of ether oxygens (including phenoxy) is 1. The number of alkyl halides is 3. The van der Waals surface area contributed by atoms with Crippen LogP contribution in [0.5, 0.6) is 0 Å². The number of aromatic nitrogens is 2. The summed E-state index contributed by atoms with van der Waals surface area (Å²) in [4.78, 5) is 40.4. The van der Waals surface area contributed by atoms with Gasteiger partial charge < -0.3 is 30.3 Å². The van der Waals surface area contributed by atoms with E-state index in [-0.39, 0.29) is 67.6 Å². The molecule has 1 unspecified atom stereocenters. The van der Waals surface area contributed by atoms with Crippen molar-refractivity contribution in [2.75, 3.05) is 57.8 Å². The van der Waals surface area contributed by atoms with Gasteiger partial charge in [0.25, 0.3) is 0 Å². The van der Waals surface area contributed by atoms with Crippen LogP contribution < -0.4 is 10.6 Å². The summed E-state index contributed by atoms with van der Waals surface area (Å²) in [6.45, 7) is 8.50. The Kier molecular flexibility index (Phi) is 14.4. The molecule has 2 fully saturated rings. The number of halogens is 3. The fraction of sp³-hybridized carbons (Fsp3) is 0.676. The van der Waals surface area contributed by atoms with E-state index in [4.69, 9.17) is 9.84 Å². The highest BCUT2D eigenvalue weighted by atomic mass is 32.2. The molecule has 1 aromatic carbocycles. The van der Waals surface area contributed by atoms with E-state index in [1.807, 2.05) is 4.90 Å². The molecule has 0 radical (unpaired) electrons. The fourth-order valence-electron chi connectivity index (χ4n) is 7.37. The largest absolute Gasteiger partial charge is 0.444 e.